The zero-order valence-corrected chi connectivity index (χ0v) is 32.3. The van der Waals surface area contributed by atoms with Crippen molar-refractivity contribution in [2.24, 2.45) is 22.7 Å². The maximum atomic E-state index is 14.4. The molecule has 1 aromatic carbocycles. The van der Waals surface area contributed by atoms with Crippen LogP contribution in [0.15, 0.2) is 41.5 Å². The number of ether oxygens (including phenoxy) is 2. The van der Waals surface area contributed by atoms with E-state index < -0.39 is 100 Å². The molecule has 0 spiro atoms. The molecule has 6 N–H and O–H groups in total. The summed E-state index contributed by atoms with van der Waals surface area (Å²) in [7, 11) is 0. The Morgan fingerprint density at radius 2 is 1.64 bits per heavy atom. The summed E-state index contributed by atoms with van der Waals surface area (Å²) < 4.78 is 11.7. The first-order valence-corrected chi connectivity index (χ1v) is 15.8. The Bertz CT molecular complexity index is 1460. The molecule has 3 saturated carbocycles. The third-order valence-corrected chi connectivity index (χ3v) is 11.6. The number of carbonyl (C=O) groups excluding carboxylic acids is 4. The number of ketones is 1. The molecule has 47 heavy (non-hydrogen) atoms. The summed E-state index contributed by atoms with van der Waals surface area (Å²) in [6.07, 6.45) is -7.53. The number of Topliss-reactive ketones (excluding diaryl/α,β-unsaturated/α-hetero) is 1. The number of aliphatic hydroxyl groups excluding tert-OH is 3. The average molecular weight is 871 g/mol. The van der Waals surface area contributed by atoms with Gasteiger partial charge in [-0.1, -0.05) is 44.2 Å². The summed E-state index contributed by atoms with van der Waals surface area (Å²) in [5.74, 6) is -5.03. The van der Waals surface area contributed by atoms with Crippen molar-refractivity contribution in [3.8, 4) is 0 Å². The molecule has 13 heteroatoms. The number of aliphatic hydroxyl groups is 5. The molecule has 4 aliphatic carbocycles. The van der Waals surface area contributed by atoms with Crippen LogP contribution in [0.4, 0.5) is 0 Å². The molecule has 1 radical (unpaired) electrons. The molecule has 0 saturated heterocycles. The van der Waals surface area contributed by atoms with Gasteiger partial charge in [0.05, 0.1) is 23.2 Å². The maximum Gasteiger partial charge on any atom is 0.338 e. The number of carbonyl (C=O) groups is 4. The Kier molecular flexibility index (Phi) is 10.7. The number of fused-ring (bicyclic) bond motifs is 5. The van der Waals surface area contributed by atoms with Crippen molar-refractivity contribution >= 4 is 23.6 Å². The third kappa shape index (κ3) is 5.85. The van der Waals surface area contributed by atoms with Crippen molar-refractivity contribution in [1.82, 2.24) is 5.32 Å². The molecule has 2 bridgehead atoms. The fourth-order valence-corrected chi connectivity index (χ4v) is 8.88. The molecule has 1 aromatic rings. The normalized spacial score (nSPS) is 38.5. The van der Waals surface area contributed by atoms with E-state index in [1.165, 1.54) is 20.8 Å². The predicted molar refractivity (Wildman–Crippen MR) is 161 cm³/mol. The number of nitrogens with one attached hydrogen (secondary N) is 1. The van der Waals surface area contributed by atoms with Gasteiger partial charge < -0.3 is 40.3 Å². The molecule has 255 valence electrons. The number of hydrogen-bond acceptors (Lipinski definition) is 11. The smallest absolute Gasteiger partial charge is 0.338 e. The van der Waals surface area contributed by atoms with Crippen LogP contribution in [0.2, 0.25) is 0 Å². The van der Waals surface area contributed by atoms with Crippen LogP contribution in [0.3, 0.4) is 0 Å². The fourth-order valence-electron chi connectivity index (χ4n) is 8.88. The SMILES string of the molecule is CC(=O)NC(c1ccccc1)C(O)C(=O)OC1CC2(O)C(OC(C)=O)C3C4(O)CCC4CC(O)[C@@]3(C)C(=O)C(O)C(=C1C)C2(C)C.[Ac]. The maximum absolute atomic E-state index is 14.4. The fraction of sp³-hybridized carbons (Fsp3) is 0.647. The van der Waals surface area contributed by atoms with Gasteiger partial charge in [-0.05, 0) is 55.7 Å². The van der Waals surface area contributed by atoms with E-state index in [4.69, 9.17) is 9.47 Å². The van der Waals surface area contributed by atoms with E-state index in [0.717, 1.165) is 6.92 Å². The van der Waals surface area contributed by atoms with Gasteiger partial charge in [0.25, 0.3) is 0 Å². The van der Waals surface area contributed by atoms with Crippen molar-refractivity contribution in [3.05, 3.63) is 47.0 Å². The van der Waals surface area contributed by atoms with Crippen LogP contribution in [0.25, 0.3) is 0 Å². The quantitative estimate of drug-likeness (QED) is 0.176. The van der Waals surface area contributed by atoms with E-state index in [1.807, 2.05) is 0 Å². The number of hydrogen-bond donors (Lipinski definition) is 6. The molecular formula is C34H45AcNO11. The van der Waals surface area contributed by atoms with E-state index in [1.54, 1.807) is 44.2 Å². The molecule has 10 unspecified atom stereocenters. The standard InChI is InChI=1S/C34H45NO11.Ac/c1-16-21(46-30(42)26(40)24(35-17(2)36)19-10-8-7-9-11-19)15-34(44)29(45-18(3)37)27-32(6,22(38)14-20-12-13-33(20,27)43)28(41)25(39)23(16)31(34,4)5;/h7-11,20-22,24-27,29,38-40,43-44H,12-15H2,1-6H3,(H,35,36);/t20?,21?,22?,24?,25?,26?,27?,29?,32-,33?,34?;/m1./s1. The third-order valence-electron chi connectivity index (χ3n) is 11.6. The Morgan fingerprint density at radius 3 is 2.17 bits per heavy atom. The topological polar surface area (TPSA) is 200 Å². The zero-order chi connectivity index (χ0) is 34.1. The Balaban J connectivity index is 0.00000500. The second-order valence-electron chi connectivity index (χ2n) is 14.3. The van der Waals surface area contributed by atoms with Crippen molar-refractivity contribution in [3.63, 3.8) is 0 Å². The van der Waals surface area contributed by atoms with Gasteiger partial charge in [0.15, 0.2) is 11.9 Å². The Hall–Kier alpha value is -1.72. The van der Waals surface area contributed by atoms with Gasteiger partial charge >= 0.3 is 11.9 Å². The minimum absolute atomic E-state index is 0. The summed E-state index contributed by atoms with van der Waals surface area (Å²) in [6, 6.07) is 7.14. The van der Waals surface area contributed by atoms with Gasteiger partial charge in [-0.3, -0.25) is 14.4 Å². The van der Waals surface area contributed by atoms with Crippen molar-refractivity contribution in [2.45, 2.75) is 115 Å². The molecule has 1 amide bonds. The summed E-state index contributed by atoms with van der Waals surface area (Å²) in [6.45, 7) is 8.50. The van der Waals surface area contributed by atoms with Gasteiger partial charge in [-0.15, -0.1) is 0 Å². The van der Waals surface area contributed by atoms with Crippen LogP contribution in [0.1, 0.15) is 78.8 Å². The van der Waals surface area contributed by atoms with E-state index in [9.17, 15) is 44.7 Å². The minimum atomic E-state index is -2.15. The van der Waals surface area contributed by atoms with Gasteiger partial charge in [-0.25, -0.2) is 4.79 Å². The number of rotatable bonds is 6. The summed E-state index contributed by atoms with van der Waals surface area (Å²) >= 11 is 0. The minimum Gasteiger partial charge on any atom is -0.459 e. The zero-order valence-electron chi connectivity index (χ0n) is 27.6. The molecule has 12 nitrogen and oxygen atoms in total. The summed E-state index contributed by atoms with van der Waals surface area (Å²) in [5, 5.41) is 61.8. The molecule has 0 aromatic heterocycles. The van der Waals surface area contributed by atoms with Crippen LogP contribution in [0, 0.1) is 66.7 Å². The first kappa shape index (κ1) is 38.1. The predicted octanol–water partition coefficient (Wildman–Crippen LogP) is 1.02. The number of esters is 2. The number of amides is 1. The summed E-state index contributed by atoms with van der Waals surface area (Å²) in [5.41, 5.74) is -6.36. The second-order valence-corrected chi connectivity index (χ2v) is 14.3. The van der Waals surface area contributed by atoms with Crippen molar-refractivity contribution in [2.75, 3.05) is 0 Å². The first-order chi connectivity index (χ1) is 21.3. The van der Waals surface area contributed by atoms with E-state index in [2.05, 4.69) is 5.32 Å². The molecule has 11 atom stereocenters. The molecule has 5 rings (SSSR count). The molecular weight excluding hydrogens is 825 g/mol. The van der Waals surface area contributed by atoms with Crippen LogP contribution >= 0.6 is 0 Å². The molecule has 0 aliphatic heterocycles. The van der Waals surface area contributed by atoms with Crippen molar-refractivity contribution < 1.29 is 98.2 Å². The van der Waals surface area contributed by atoms with Crippen LogP contribution < -0.4 is 5.32 Å². The van der Waals surface area contributed by atoms with E-state index in [0.29, 0.717) is 12.0 Å². The monoisotopic (exact) mass is 870 g/mol. The van der Waals surface area contributed by atoms with Gasteiger partial charge in [-0.2, -0.15) is 0 Å². The Labute approximate surface area is 309 Å². The van der Waals surface area contributed by atoms with E-state index in [-0.39, 0.29) is 68.1 Å². The van der Waals surface area contributed by atoms with Gasteiger partial charge in [0, 0.05) is 75.7 Å². The van der Waals surface area contributed by atoms with Crippen molar-refractivity contribution in [1.29, 1.82) is 0 Å². The van der Waals surface area contributed by atoms with Gasteiger partial charge in [0.2, 0.25) is 5.91 Å². The first-order valence-electron chi connectivity index (χ1n) is 15.8. The van der Waals surface area contributed by atoms with Crippen LogP contribution in [-0.2, 0) is 28.7 Å². The summed E-state index contributed by atoms with van der Waals surface area (Å²) in [4.78, 5) is 52.6. The van der Waals surface area contributed by atoms with Gasteiger partial charge in [0.1, 0.15) is 23.9 Å². The largest absolute Gasteiger partial charge is 0.459 e. The molecule has 3 fully saturated rings. The average Bonchev–Trinajstić information content (AvgIpc) is 2.98. The number of benzene rings is 1. The second kappa shape index (κ2) is 13.2. The molecule has 0 heterocycles. The Morgan fingerprint density at radius 1 is 1.02 bits per heavy atom. The van der Waals surface area contributed by atoms with Crippen LogP contribution in [-0.4, -0.2) is 90.9 Å². The van der Waals surface area contributed by atoms with Crippen LogP contribution in [0.5, 0.6) is 0 Å². The van der Waals surface area contributed by atoms with E-state index >= 15 is 0 Å². The molecule has 4 aliphatic rings.